The maximum atomic E-state index is 12.7. The number of aryl methyl sites for hydroxylation is 1. The maximum Gasteiger partial charge on any atom is 0.254 e. The summed E-state index contributed by atoms with van der Waals surface area (Å²) in [6.45, 7) is 7.75. The summed E-state index contributed by atoms with van der Waals surface area (Å²) in [6, 6.07) is 20.1. The molecule has 0 saturated heterocycles. The lowest BCUT2D eigenvalue weighted by Gasteiger charge is -2.14. The van der Waals surface area contributed by atoms with E-state index in [0.717, 1.165) is 22.4 Å². The molecule has 0 fully saturated rings. The van der Waals surface area contributed by atoms with Gasteiger partial charge in [-0.25, -0.2) is 4.68 Å². The van der Waals surface area contributed by atoms with E-state index in [1.165, 1.54) is 0 Å². The van der Waals surface area contributed by atoms with Crippen LogP contribution in [0.25, 0.3) is 11.3 Å². The SMILES string of the molecule is CCOCCOC(C)C(=O)Nc1cc(-c2ccccc2C)nn1Cc1ccccc1. The number of ether oxygens (including phenoxy) is 2. The van der Waals surface area contributed by atoms with Crippen LogP contribution in [0.3, 0.4) is 0 Å². The molecule has 0 aliphatic rings. The number of amides is 1. The van der Waals surface area contributed by atoms with Crippen molar-refractivity contribution in [2.24, 2.45) is 0 Å². The van der Waals surface area contributed by atoms with E-state index in [0.29, 0.717) is 32.2 Å². The second kappa shape index (κ2) is 10.7. The van der Waals surface area contributed by atoms with Crippen LogP contribution in [0.5, 0.6) is 0 Å². The molecule has 1 heterocycles. The number of nitrogens with one attached hydrogen (secondary N) is 1. The Kier molecular flexibility index (Phi) is 7.76. The number of carbonyl (C=O) groups excluding carboxylic acids is 1. The molecule has 1 atom stereocenters. The van der Waals surface area contributed by atoms with Crippen LogP contribution in [0.15, 0.2) is 60.7 Å². The summed E-state index contributed by atoms with van der Waals surface area (Å²) in [7, 11) is 0. The third-order valence-corrected chi connectivity index (χ3v) is 4.80. The first-order chi connectivity index (χ1) is 14.6. The number of benzene rings is 2. The van der Waals surface area contributed by atoms with Gasteiger partial charge in [-0.1, -0.05) is 54.6 Å². The fourth-order valence-electron chi connectivity index (χ4n) is 3.12. The molecule has 158 valence electrons. The van der Waals surface area contributed by atoms with E-state index in [1.54, 1.807) is 6.92 Å². The number of rotatable bonds is 10. The van der Waals surface area contributed by atoms with Crippen molar-refractivity contribution in [2.45, 2.75) is 33.4 Å². The first-order valence-corrected chi connectivity index (χ1v) is 10.3. The van der Waals surface area contributed by atoms with E-state index in [4.69, 9.17) is 14.6 Å². The van der Waals surface area contributed by atoms with Gasteiger partial charge in [-0.3, -0.25) is 4.79 Å². The fourth-order valence-corrected chi connectivity index (χ4v) is 3.12. The molecule has 30 heavy (non-hydrogen) atoms. The van der Waals surface area contributed by atoms with Crippen LogP contribution in [-0.4, -0.2) is 41.6 Å². The Morgan fingerprint density at radius 2 is 1.83 bits per heavy atom. The summed E-state index contributed by atoms with van der Waals surface area (Å²) in [6.07, 6.45) is -0.590. The van der Waals surface area contributed by atoms with E-state index >= 15 is 0 Å². The number of hydrogen-bond acceptors (Lipinski definition) is 4. The number of nitrogens with zero attached hydrogens (tertiary/aromatic N) is 2. The lowest BCUT2D eigenvalue weighted by atomic mass is 10.1. The third-order valence-electron chi connectivity index (χ3n) is 4.80. The van der Waals surface area contributed by atoms with Crippen molar-refractivity contribution in [1.82, 2.24) is 9.78 Å². The number of anilines is 1. The molecule has 1 amide bonds. The third kappa shape index (κ3) is 5.78. The average molecular weight is 408 g/mol. The van der Waals surface area contributed by atoms with E-state index < -0.39 is 6.10 Å². The molecule has 0 aliphatic heterocycles. The first kappa shape index (κ1) is 21.7. The van der Waals surface area contributed by atoms with Gasteiger partial charge in [-0.05, 0) is 31.9 Å². The minimum atomic E-state index is -0.590. The predicted octanol–water partition coefficient (Wildman–Crippen LogP) is 4.29. The van der Waals surface area contributed by atoms with Crippen LogP contribution in [0, 0.1) is 6.92 Å². The topological polar surface area (TPSA) is 65.4 Å². The Morgan fingerprint density at radius 1 is 1.10 bits per heavy atom. The molecule has 0 saturated carbocycles. The van der Waals surface area contributed by atoms with Crippen molar-refractivity contribution >= 4 is 11.7 Å². The number of carbonyl (C=O) groups is 1. The second-order valence-corrected chi connectivity index (χ2v) is 7.07. The minimum Gasteiger partial charge on any atom is -0.379 e. The number of aromatic nitrogens is 2. The summed E-state index contributed by atoms with van der Waals surface area (Å²) in [4.78, 5) is 12.7. The van der Waals surface area contributed by atoms with Crippen molar-refractivity contribution in [2.75, 3.05) is 25.1 Å². The highest BCUT2D eigenvalue weighted by atomic mass is 16.5. The zero-order chi connectivity index (χ0) is 21.3. The van der Waals surface area contributed by atoms with Crippen molar-refractivity contribution in [3.63, 3.8) is 0 Å². The van der Waals surface area contributed by atoms with Crippen LogP contribution < -0.4 is 5.32 Å². The van der Waals surface area contributed by atoms with Gasteiger partial charge in [0.15, 0.2) is 0 Å². The lowest BCUT2D eigenvalue weighted by molar-refractivity contribution is -0.127. The van der Waals surface area contributed by atoms with Crippen LogP contribution in [0.1, 0.15) is 25.0 Å². The Hall–Kier alpha value is -2.96. The van der Waals surface area contributed by atoms with E-state index in [1.807, 2.05) is 66.2 Å². The summed E-state index contributed by atoms with van der Waals surface area (Å²) in [5.74, 6) is 0.430. The maximum absolute atomic E-state index is 12.7. The zero-order valence-corrected chi connectivity index (χ0v) is 17.8. The van der Waals surface area contributed by atoms with Crippen molar-refractivity contribution in [1.29, 1.82) is 0 Å². The molecule has 3 aromatic rings. The monoisotopic (exact) mass is 407 g/mol. The summed E-state index contributed by atoms with van der Waals surface area (Å²) in [5, 5.41) is 7.75. The van der Waals surface area contributed by atoms with Crippen LogP contribution in [0.4, 0.5) is 5.82 Å². The Morgan fingerprint density at radius 3 is 2.57 bits per heavy atom. The van der Waals surface area contributed by atoms with Gasteiger partial charge in [-0.15, -0.1) is 0 Å². The molecule has 6 nitrogen and oxygen atoms in total. The predicted molar refractivity (Wildman–Crippen MR) is 118 cm³/mol. The number of hydrogen-bond donors (Lipinski definition) is 1. The lowest BCUT2D eigenvalue weighted by Crippen LogP contribution is -2.30. The highest BCUT2D eigenvalue weighted by Gasteiger charge is 2.18. The van der Waals surface area contributed by atoms with E-state index in [2.05, 4.69) is 18.3 Å². The van der Waals surface area contributed by atoms with Gasteiger partial charge >= 0.3 is 0 Å². The van der Waals surface area contributed by atoms with Gasteiger partial charge in [0.1, 0.15) is 11.9 Å². The van der Waals surface area contributed by atoms with Crippen LogP contribution in [0.2, 0.25) is 0 Å². The molecule has 1 N–H and O–H groups in total. The minimum absolute atomic E-state index is 0.211. The summed E-state index contributed by atoms with van der Waals surface area (Å²) < 4.78 is 12.7. The van der Waals surface area contributed by atoms with Crippen molar-refractivity contribution in [3.8, 4) is 11.3 Å². The zero-order valence-electron chi connectivity index (χ0n) is 17.8. The highest BCUT2D eigenvalue weighted by Crippen LogP contribution is 2.25. The molecule has 0 radical (unpaired) electrons. The normalized spacial score (nSPS) is 12.0. The smallest absolute Gasteiger partial charge is 0.254 e. The molecule has 1 aromatic heterocycles. The van der Waals surface area contributed by atoms with Gasteiger partial charge in [-0.2, -0.15) is 5.10 Å². The Labute approximate surface area is 177 Å². The fraction of sp³-hybridized carbons (Fsp3) is 0.333. The van der Waals surface area contributed by atoms with Crippen molar-refractivity contribution < 1.29 is 14.3 Å². The van der Waals surface area contributed by atoms with Crippen LogP contribution >= 0.6 is 0 Å². The summed E-state index contributed by atoms with van der Waals surface area (Å²) >= 11 is 0. The molecule has 2 aromatic carbocycles. The molecule has 0 spiro atoms. The quantitative estimate of drug-likeness (QED) is 0.509. The van der Waals surface area contributed by atoms with E-state index in [9.17, 15) is 4.79 Å². The van der Waals surface area contributed by atoms with Gasteiger partial charge in [0, 0.05) is 18.2 Å². The van der Waals surface area contributed by atoms with Gasteiger partial charge in [0.05, 0.1) is 25.5 Å². The van der Waals surface area contributed by atoms with Crippen LogP contribution in [-0.2, 0) is 20.8 Å². The van der Waals surface area contributed by atoms with E-state index in [-0.39, 0.29) is 5.91 Å². The largest absolute Gasteiger partial charge is 0.379 e. The van der Waals surface area contributed by atoms with Gasteiger partial charge < -0.3 is 14.8 Å². The highest BCUT2D eigenvalue weighted by molar-refractivity contribution is 5.93. The molecular weight excluding hydrogens is 378 g/mol. The molecule has 6 heteroatoms. The molecule has 3 rings (SSSR count). The van der Waals surface area contributed by atoms with Crippen molar-refractivity contribution in [3.05, 3.63) is 71.8 Å². The standard InChI is InChI=1S/C24H29N3O3/c1-4-29-14-15-30-19(3)24(28)25-23-16-22(21-13-9-8-10-18(21)2)26-27(23)17-20-11-6-5-7-12-20/h5-13,16,19H,4,14-15,17H2,1-3H3,(H,25,28). The first-order valence-electron chi connectivity index (χ1n) is 10.3. The van der Waals surface area contributed by atoms with Gasteiger partial charge in [0.2, 0.25) is 0 Å². The second-order valence-electron chi connectivity index (χ2n) is 7.07. The molecular formula is C24H29N3O3. The Bertz CT molecular complexity index is 953. The molecule has 1 unspecified atom stereocenters. The molecule has 0 aliphatic carbocycles. The average Bonchev–Trinajstić information content (AvgIpc) is 3.14. The Balaban J connectivity index is 1.80. The summed E-state index contributed by atoms with van der Waals surface area (Å²) in [5.41, 5.74) is 4.10. The molecule has 0 bridgehead atoms. The van der Waals surface area contributed by atoms with Gasteiger partial charge in [0.25, 0.3) is 5.91 Å².